The molecule has 0 heterocycles. The molecule has 19 heavy (non-hydrogen) atoms. The summed E-state index contributed by atoms with van der Waals surface area (Å²) in [6.07, 6.45) is 10.1. The van der Waals surface area contributed by atoms with Crippen LogP contribution in [0.15, 0.2) is 0 Å². The lowest BCUT2D eigenvalue weighted by Crippen LogP contribution is -2.35. The predicted octanol–water partition coefficient (Wildman–Crippen LogP) is 4.29. The van der Waals surface area contributed by atoms with Gasteiger partial charge >= 0.3 is 0 Å². The zero-order chi connectivity index (χ0) is 14.5. The normalized spacial score (nSPS) is 23.1. The molecule has 0 saturated heterocycles. The average Bonchev–Trinajstić information content (AvgIpc) is 2.48. The number of likely N-dealkylation sites (N-methyl/N-ethyl adjacent to an activating group) is 1. The highest BCUT2D eigenvalue weighted by molar-refractivity contribution is 4.75. The Balaban J connectivity index is 0.00000154. The van der Waals surface area contributed by atoms with E-state index in [-0.39, 0.29) is 0 Å². The van der Waals surface area contributed by atoms with Gasteiger partial charge < -0.3 is 10.6 Å². The first-order valence-electron chi connectivity index (χ1n) is 8.72. The summed E-state index contributed by atoms with van der Waals surface area (Å²) in [7, 11) is 0. The van der Waals surface area contributed by atoms with Crippen molar-refractivity contribution in [3.63, 3.8) is 0 Å². The van der Waals surface area contributed by atoms with Crippen LogP contribution in [-0.4, -0.2) is 31.1 Å². The lowest BCUT2D eigenvalue weighted by atomic mass is 9.79. The maximum absolute atomic E-state index is 5.65. The Labute approximate surface area is 122 Å². The minimum absolute atomic E-state index is 0.805. The number of nitrogens with two attached hydrogens (primary N) is 1. The molecule has 1 aliphatic carbocycles. The van der Waals surface area contributed by atoms with Crippen LogP contribution in [0.25, 0.3) is 0 Å². The molecule has 0 amide bonds. The van der Waals surface area contributed by atoms with Crippen molar-refractivity contribution in [1.29, 1.82) is 0 Å². The van der Waals surface area contributed by atoms with Gasteiger partial charge in [0.1, 0.15) is 0 Å². The van der Waals surface area contributed by atoms with E-state index in [9.17, 15) is 0 Å². The molecule has 0 aromatic rings. The Bertz CT molecular complexity index is 174. The second-order valence-electron chi connectivity index (χ2n) is 5.71. The van der Waals surface area contributed by atoms with Crippen molar-refractivity contribution >= 4 is 0 Å². The van der Waals surface area contributed by atoms with Crippen LogP contribution in [0.4, 0.5) is 0 Å². The molecule has 1 saturated carbocycles. The summed E-state index contributed by atoms with van der Waals surface area (Å²) < 4.78 is 0. The van der Waals surface area contributed by atoms with Gasteiger partial charge in [-0.15, -0.1) is 0 Å². The quantitative estimate of drug-likeness (QED) is 0.713. The lowest BCUT2D eigenvalue weighted by molar-refractivity contribution is 0.184. The molecule has 0 unspecified atom stereocenters. The molecule has 0 aromatic heterocycles. The van der Waals surface area contributed by atoms with E-state index in [1.807, 2.05) is 13.8 Å². The lowest BCUT2D eigenvalue weighted by Gasteiger charge is -2.32. The summed E-state index contributed by atoms with van der Waals surface area (Å²) in [5.41, 5.74) is 5.65. The van der Waals surface area contributed by atoms with Gasteiger partial charge in [0.05, 0.1) is 0 Å². The molecule has 0 spiro atoms. The summed E-state index contributed by atoms with van der Waals surface area (Å²) >= 11 is 0. The number of hydrogen-bond acceptors (Lipinski definition) is 2. The first kappa shape index (κ1) is 18.9. The van der Waals surface area contributed by atoms with E-state index < -0.39 is 0 Å². The summed E-state index contributed by atoms with van der Waals surface area (Å²) in [6.45, 7) is 12.9. The van der Waals surface area contributed by atoms with Crippen LogP contribution in [-0.2, 0) is 0 Å². The molecular weight excluding hydrogens is 232 g/mol. The molecule has 0 bridgehead atoms. The maximum Gasteiger partial charge on any atom is 0.0105 e. The van der Waals surface area contributed by atoms with Crippen LogP contribution >= 0.6 is 0 Å². The van der Waals surface area contributed by atoms with E-state index in [0.717, 1.165) is 31.5 Å². The van der Waals surface area contributed by atoms with Gasteiger partial charge in [0, 0.05) is 19.6 Å². The molecule has 0 atom stereocenters. The summed E-state index contributed by atoms with van der Waals surface area (Å²) in [4.78, 5) is 2.52. The van der Waals surface area contributed by atoms with Gasteiger partial charge in [0.25, 0.3) is 0 Å². The standard InChI is InChI=1S/C15H32N2.C2H6/c1-3-5-6-14-7-9-15(10-8-14)13-17(4-2)12-11-16;1-2/h14-15H,3-13,16H2,1-2H3;1-2H3. The van der Waals surface area contributed by atoms with E-state index in [1.54, 1.807) is 0 Å². The average molecular weight is 271 g/mol. The molecule has 2 N–H and O–H groups in total. The number of unbranched alkanes of at least 4 members (excludes halogenated alkanes) is 1. The van der Waals surface area contributed by atoms with Gasteiger partial charge in [0.15, 0.2) is 0 Å². The highest BCUT2D eigenvalue weighted by Crippen LogP contribution is 2.32. The first-order chi connectivity index (χ1) is 9.30. The van der Waals surface area contributed by atoms with Crippen LogP contribution in [0.2, 0.25) is 0 Å². The third-order valence-electron chi connectivity index (χ3n) is 4.34. The fraction of sp³-hybridized carbons (Fsp3) is 1.00. The van der Waals surface area contributed by atoms with Gasteiger partial charge in [0.2, 0.25) is 0 Å². The van der Waals surface area contributed by atoms with Crippen molar-refractivity contribution in [3.05, 3.63) is 0 Å². The van der Waals surface area contributed by atoms with Crippen LogP contribution in [0, 0.1) is 11.8 Å². The second-order valence-corrected chi connectivity index (χ2v) is 5.71. The van der Waals surface area contributed by atoms with Crippen molar-refractivity contribution in [3.8, 4) is 0 Å². The third kappa shape index (κ3) is 8.65. The smallest absolute Gasteiger partial charge is 0.0105 e. The number of rotatable bonds is 8. The van der Waals surface area contributed by atoms with Crippen LogP contribution in [0.1, 0.15) is 72.6 Å². The summed E-state index contributed by atoms with van der Waals surface area (Å²) in [5.74, 6) is 1.98. The minimum Gasteiger partial charge on any atom is -0.329 e. The largest absolute Gasteiger partial charge is 0.329 e. The van der Waals surface area contributed by atoms with Gasteiger partial charge in [-0.3, -0.25) is 0 Å². The van der Waals surface area contributed by atoms with Crippen LogP contribution in [0.3, 0.4) is 0 Å². The zero-order valence-corrected chi connectivity index (χ0v) is 14.0. The molecule has 1 aliphatic rings. The molecular formula is C17H38N2. The van der Waals surface area contributed by atoms with Crippen molar-refractivity contribution < 1.29 is 0 Å². The van der Waals surface area contributed by atoms with Crippen LogP contribution < -0.4 is 5.73 Å². The van der Waals surface area contributed by atoms with Crippen LogP contribution in [0.5, 0.6) is 0 Å². The zero-order valence-electron chi connectivity index (χ0n) is 14.0. The Hall–Kier alpha value is -0.0800. The molecule has 0 aromatic carbocycles. The Morgan fingerprint density at radius 3 is 2.05 bits per heavy atom. The maximum atomic E-state index is 5.65. The summed E-state index contributed by atoms with van der Waals surface area (Å²) in [5, 5.41) is 0. The van der Waals surface area contributed by atoms with E-state index in [4.69, 9.17) is 5.73 Å². The Morgan fingerprint density at radius 2 is 1.58 bits per heavy atom. The molecule has 116 valence electrons. The van der Waals surface area contributed by atoms with Crippen molar-refractivity contribution in [2.24, 2.45) is 17.6 Å². The molecule has 1 fully saturated rings. The van der Waals surface area contributed by atoms with Crippen molar-refractivity contribution in [1.82, 2.24) is 4.90 Å². The van der Waals surface area contributed by atoms with Gasteiger partial charge in [-0.05, 0) is 31.2 Å². The SMILES string of the molecule is CC.CCCCC1CCC(CN(CC)CCN)CC1. The monoisotopic (exact) mass is 270 g/mol. The second kappa shape index (κ2) is 12.9. The first-order valence-corrected chi connectivity index (χ1v) is 8.72. The van der Waals surface area contributed by atoms with E-state index in [1.165, 1.54) is 51.5 Å². The Morgan fingerprint density at radius 1 is 1.00 bits per heavy atom. The third-order valence-corrected chi connectivity index (χ3v) is 4.34. The fourth-order valence-electron chi connectivity index (χ4n) is 3.12. The van der Waals surface area contributed by atoms with Gasteiger partial charge in [-0.2, -0.15) is 0 Å². The molecule has 2 heteroatoms. The van der Waals surface area contributed by atoms with E-state index in [2.05, 4.69) is 18.7 Å². The Kier molecular flexibility index (Phi) is 12.9. The topological polar surface area (TPSA) is 29.3 Å². The van der Waals surface area contributed by atoms with Gasteiger partial charge in [-0.1, -0.05) is 59.8 Å². The number of hydrogen-bond donors (Lipinski definition) is 1. The van der Waals surface area contributed by atoms with Gasteiger partial charge in [-0.25, -0.2) is 0 Å². The van der Waals surface area contributed by atoms with Crippen molar-refractivity contribution in [2.75, 3.05) is 26.2 Å². The summed E-state index contributed by atoms with van der Waals surface area (Å²) in [6, 6.07) is 0. The fourth-order valence-corrected chi connectivity index (χ4v) is 3.12. The highest BCUT2D eigenvalue weighted by Gasteiger charge is 2.21. The van der Waals surface area contributed by atoms with E-state index in [0.29, 0.717) is 0 Å². The molecule has 2 nitrogen and oxygen atoms in total. The highest BCUT2D eigenvalue weighted by atomic mass is 15.1. The molecule has 0 radical (unpaired) electrons. The molecule has 0 aliphatic heterocycles. The molecule has 1 rings (SSSR count). The number of nitrogens with zero attached hydrogens (tertiary/aromatic N) is 1. The predicted molar refractivity (Wildman–Crippen MR) is 87.5 cm³/mol. The van der Waals surface area contributed by atoms with E-state index >= 15 is 0 Å². The minimum atomic E-state index is 0.805. The van der Waals surface area contributed by atoms with Crippen molar-refractivity contribution in [2.45, 2.75) is 72.6 Å².